The molecular formula is C15H21N3O3. The number of H-pyrrole nitrogens is 1. The Morgan fingerprint density at radius 2 is 2.10 bits per heavy atom. The number of carbonyl (C=O) groups excluding carboxylic acids is 1. The van der Waals surface area contributed by atoms with Gasteiger partial charge in [0.2, 0.25) is 5.71 Å². The van der Waals surface area contributed by atoms with Crippen LogP contribution >= 0.6 is 0 Å². The van der Waals surface area contributed by atoms with Crippen molar-refractivity contribution in [2.45, 2.75) is 46.6 Å². The van der Waals surface area contributed by atoms with Gasteiger partial charge >= 0.3 is 0 Å². The molecule has 114 valence electrons. The fraction of sp³-hybridized carbons (Fsp3) is 0.533. The number of amides is 1. The van der Waals surface area contributed by atoms with E-state index >= 15 is 0 Å². The van der Waals surface area contributed by atoms with E-state index in [9.17, 15) is 9.59 Å². The minimum absolute atomic E-state index is 0.0417. The third-order valence-corrected chi connectivity index (χ3v) is 3.45. The SMILES string of the molecule is Cc1oc2nc[nH]c(=O)c2c1C(=O)NC(C)CCC(C)C. The van der Waals surface area contributed by atoms with Crippen LogP contribution in [-0.2, 0) is 0 Å². The van der Waals surface area contributed by atoms with Gasteiger partial charge in [-0.05, 0) is 32.6 Å². The summed E-state index contributed by atoms with van der Waals surface area (Å²) in [4.78, 5) is 30.7. The summed E-state index contributed by atoms with van der Waals surface area (Å²) in [5.41, 5.74) is 0.101. The molecular weight excluding hydrogens is 270 g/mol. The van der Waals surface area contributed by atoms with E-state index in [0.717, 1.165) is 12.8 Å². The molecule has 2 heterocycles. The molecule has 2 aromatic heterocycles. The Morgan fingerprint density at radius 1 is 1.38 bits per heavy atom. The summed E-state index contributed by atoms with van der Waals surface area (Å²) in [6.45, 7) is 7.91. The number of furan rings is 1. The van der Waals surface area contributed by atoms with Crippen molar-refractivity contribution >= 4 is 17.0 Å². The topological polar surface area (TPSA) is 88.0 Å². The second kappa shape index (κ2) is 6.11. The first-order valence-electron chi connectivity index (χ1n) is 7.17. The Kier molecular flexibility index (Phi) is 4.45. The molecule has 1 atom stereocenters. The number of aromatic amines is 1. The van der Waals surface area contributed by atoms with Crippen molar-refractivity contribution in [3.63, 3.8) is 0 Å². The molecule has 6 nitrogen and oxygen atoms in total. The fourth-order valence-corrected chi connectivity index (χ4v) is 2.28. The van der Waals surface area contributed by atoms with Crippen LogP contribution in [0.25, 0.3) is 11.1 Å². The molecule has 1 unspecified atom stereocenters. The third kappa shape index (κ3) is 3.32. The zero-order valence-corrected chi connectivity index (χ0v) is 12.8. The van der Waals surface area contributed by atoms with Crippen molar-refractivity contribution in [2.75, 3.05) is 0 Å². The first-order chi connectivity index (χ1) is 9.90. The van der Waals surface area contributed by atoms with Crippen LogP contribution in [0.5, 0.6) is 0 Å². The maximum atomic E-state index is 12.4. The van der Waals surface area contributed by atoms with Gasteiger partial charge < -0.3 is 14.7 Å². The summed E-state index contributed by atoms with van der Waals surface area (Å²) in [5, 5.41) is 3.13. The number of rotatable bonds is 5. The number of hydrogen-bond donors (Lipinski definition) is 2. The first-order valence-corrected chi connectivity index (χ1v) is 7.17. The van der Waals surface area contributed by atoms with Gasteiger partial charge in [-0.25, -0.2) is 4.98 Å². The monoisotopic (exact) mass is 291 g/mol. The molecule has 0 saturated heterocycles. The van der Waals surface area contributed by atoms with E-state index in [1.165, 1.54) is 6.33 Å². The van der Waals surface area contributed by atoms with E-state index in [1.54, 1.807) is 6.92 Å². The summed E-state index contributed by atoms with van der Waals surface area (Å²) in [7, 11) is 0. The Bertz CT molecular complexity index is 700. The highest BCUT2D eigenvalue weighted by molar-refractivity contribution is 6.06. The van der Waals surface area contributed by atoms with Gasteiger partial charge in [-0.2, -0.15) is 0 Å². The number of nitrogens with zero attached hydrogens (tertiary/aromatic N) is 1. The molecule has 0 aliphatic heterocycles. The molecule has 6 heteroatoms. The summed E-state index contributed by atoms with van der Waals surface area (Å²) in [6, 6.07) is 0.0417. The van der Waals surface area contributed by atoms with Crippen molar-refractivity contribution in [1.82, 2.24) is 15.3 Å². The zero-order valence-electron chi connectivity index (χ0n) is 12.8. The van der Waals surface area contributed by atoms with Crippen molar-refractivity contribution < 1.29 is 9.21 Å². The highest BCUT2D eigenvalue weighted by Crippen LogP contribution is 2.20. The van der Waals surface area contributed by atoms with Gasteiger partial charge in [0, 0.05) is 6.04 Å². The Balaban J connectivity index is 2.24. The zero-order chi connectivity index (χ0) is 15.6. The van der Waals surface area contributed by atoms with Gasteiger partial charge in [0.15, 0.2) is 0 Å². The number of fused-ring (bicyclic) bond motifs is 1. The van der Waals surface area contributed by atoms with Crippen LogP contribution in [0.15, 0.2) is 15.5 Å². The normalized spacial score (nSPS) is 12.8. The second-order valence-electron chi connectivity index (χ2n) is 5.79. The number of aryl methyl sites for hydroxylation is 1. The standard InChI is InChI=1S/C15H21N3O3/c1-8(2)5-6-9(3)18-14(20)11-10(4)21-15-12(11)13(19)16-7-17-15/h7-9H,5-6H2,1-4H3,(H,18,20)(H,16,17,19). The van der Waals surface area contributed by atoms with E-state index in [0.29, 0.717) is 11.7 Å². The molecule has 0 fully saturated rings. The van der Waals surface area contributed by atoms with Crippen LogP contribution in [0.2, 0.25) is 0 Å². The average molecular weight is 291 g/mol. The van der Waals surface area contributed by atoms with E-state index < -0.39 is 0 Å². The molecule has 0 aliphatic carbocycles. The van der Waals surface area contributed by atoms with Gasteiger partial charge in [-0.3, -0.25) is 9.59 Å². The lowest BCUT2D eigenvalue weighted by molar-refractivity contribution is 0.0937. The average Bonchev–Trinajstić information content (AvgIpc) is 2.74. The molecule has 0 radical (unpaired) electrons. The summed E-state index contributed by atoms with van der Waals surface area (Å²) >= 11 is 0. The minimum atomic E-state index is -0.364. The van der Waals surface area contributed by atoms with Crippen LogP contribution < -0.4 is 10.9 Å². The van der Waals surface area contributed by atoms with E-state index in [2.05, 4.69) is 29.1 Å². The molecule has 0 aliphatic rings. The van der Waals surface area contributed by atoms with Crippen molar-refractivity contribution in [2.24, 2.45) is 5.92 Å². The Hall–Kier alpha value is -2.11. The van der Waals surface area contributed by atoms with Crippen LogP contribution in [0, 0.1) is 12.8 Å². The number of carbonyl (C=O) groups is 1. The lowest BCUT2D eigenvalue weighted by Crippen LogP contribution is -2.33. The Morgan fingerprint density at radius 3 is 2.76 bits per heavy atom. The van der Waals surface area contributed by atoms with Crippen LogP contribution in [0.1, 0.15) is 49.7 Å². The maximum Gasteiger partial charge on any atom is 0.262 e. The van der Waals surface area contributed by atoms with E-state index in [1.807, 2.05) is 6.92 Å². The van der Waals surface area contributed by atoms with Gasteiger partial charge in [0.05, 0.1) is 11.9 Å². The Labute approximate surface area is 123 Å². The van der Waals surface area contributed by atoms with E-state index in [-0.39, 0.29) is 34.2 Å². The van der Waals surface area contributed by atoms with Gasteiger partial charge in [0.25, 0.3) is 11.5 Å². The molecule has 2 rings (SSSR count). The quantitative estimate of drug-likeness (QED) is 0.885. The molecule has 0 saturated carbocycles. The molecule has 1 amide bonds. The predicted molar refractivity (Wildman–Crippen MR) is 80.4 cm³/mol. The van der Waals surface area contributed by atoms with Crippen LogP contribution in [-0.4, -0.2) is 21.9 Å². The van der Waals surface area contributed by atoms with Crippen molar-refractivity contribution in [3.05, 3.63) is 28.0 Å². The molecule has 0 spiro atoms. The predicted octanol–water partition coefficient (Wildman–Crippen LogP) is 2.38. The van der Waals surface area contributed by atoms with Gasteiger partial charge in [0.1, 0.15) is 11.1 Å². The van der Waals surface area contributed by atoms with Crippen molar-refractivity contribution in [1.29, 1.82) is 0 Å². The molecule has 21 heavy (non-hydrogen) atoms. The van der Waals surface area contributed by atoms with Crippen molar-refractivity contribution in [3.8, 4) is 0 Å². The molecule has 2 aromatic rings. The largest absolute Gasteiger partial charge is 0.442 e. The molecule has 2 N–H and O–H groups in total. The fourth-order valence-electron chi connectivity index (χ4n) is 2.28. The van der Waals surface area contributed by atoms with Gasteiger partial charge in [-0.15, -0.1) is 0 Å². The highest BCUT2D eigenvalue weighted by Gasteiger charge is 2.22. The minimum Gasteiger partial charge on any atom is -0.442 e. The number of nitrogens with one attached hydrogen (secondary N) is 2. The highest BCUT2D eigenvalue weighted by atomic mass is 16.3. The lowest BCUT2D eigenvalue weighted by Gasteiger charge is -2.14. The smallest absolute Gasteiger partial charge is 0.262 e. The van der Waals surface area contributed by atoms with Gasteiger partial charge in [-0.1, -0.05) is 13.8 Å². The van der Waals surface area contributed by atoms with E-state index in [4.69, 9.17) is 4.42 Å². The van der Waals surface area contributed by atoms with Crippen LogP contribution in [0.4, 0.5) is 0 Å². The summed E-state index contributed by atoms with van der Waals surface area (Å²) in [5.74, 6) is 0.705. The summed E-state index contributed by atoms with van der Waals surface area (Å²) in [6.07, 6.45) is 3.20. The second-order valence-corrected chi connectivity index (χ2v) is 5.79. The first kappa shape index (κ1) is 15.3. The molecule has 0 aromatic carbocycles. The summed E-state index contributed by atoms with van der Waals surface area (Å²) < 4.78 is 5.39. The maximum absolute atomic E-state index is 12.4. The lowest BCUT2D eigenvalue weighted by atomic mass is 10.0. The van der Waals surface area contributed by atoms with Crippen LogP contribution in [0.3, 0.4) is 0 Å². The number of aromatic nitrogens is 2. The molecule has 0 bridgehead atoms. The number of hydrogen-bond acceptors (Lipinski definition) is 4. The third-order valence-electron chi connectivity index (χ3n) is 3.45.